The molecule has 4 heteroatoms. The Balaban J connectivity index is 0.000000720. The Bertz CT molecular complexity index is 316. The number of rotatable bonds is 0. The third kappa shape index (κ3) is 1.16. The quantitative estimate of drug-likeness (QED) is 0.424. The van der Waals surface area contributed by atoms with E-state index in [0.29, 0.717) is 11.1 Å². The molecule has 0 saturated carbocycles. The van der Waals surface area contributed by atoms with Crippen LogP contribution in [0.4, 0.5) is 0 Å². The van der Waals surface area contributed by atoms with E-state index in [1.54, 1.807) is 24.3 Å². The molecule has 1 heterocycles. The van der Waals surface area contributed by atoms with Gasteiger partial charge in [0.2, 0.25) is 0 Å². The monoisotopic (exact) mass is 177 g/mol. The normalized spacial score (nSPS) is 13.3. The molecule has 0 radical (unpaired) electrons. The summed E-state index contributed by atoms with van der Waals surface area (Å²) in [4.78, 5) is 21.9. The molecule has 12 heavy (non-hydrogen) atoms. The SMILES string of the molecule is O=C1NC(=O)c2ccccc21.[AlH3]. The zero-order valence-electron chi connectivity index (χ0n) is 5.63. The Morgan fingerprint density at radius 2 is 1.33 bits per heavy atom. The molecular formula is C8H8AlNO2. The highest BCUT2D eigenvalue weighted by Gasteiger charge is 2.25. The van der Waals surface area contributed by atoms with E-state index < -0.39 is 0 Å². The number of amides is 2. The van der Waals surface area contributed by atoms with Crippen molar-refractivity contribution in [2.24, 2.45) is 0 Å². The number of nitrogens with one attached hydrogen (secondary N) is 1. The minimum absolute atomic E-state index is 0. The molecule has 0 aromatic heterocycles. The second-order valence-electron chi connectivity index (χ2n) is 2.33. The lowest BCUT2D eigenvalue weighted by Gasteiger charge is -1.88. The average Bonchev–Trinajstić information content (AvgIpc) is 2.30. The van der Waals surface area contributed by atoms with E-state index in [0.717, 1.165) is 0 Å². The van der Waals surface area contributed by atoms with Crippen molar-refractivity contribution >= 4 is 29.2 Å². The maximum absolute atomic E-state index is 10.9. The molecule has 0 fully saturated rings. The van der Waals surface area contributed by atoms with Crippen LogP contribution in [0.25, 0.3) is 0 Å². The second kappa shape index (κ2) is 3.10. The highest BCUT2D eigenvalue weighted by atomic mass is 27.0. The zero-order valence-corrected chi connectivity index (χ0v) is 5.63. The summed E-state index contributed by atoms with van der Waals surface area (Å²) >= 11 is 0. The fourth-order valence-corrected chi connectivity index (χ4v) is 1.12. The van der Waals surface area contributed by atoms with Gasteiger partial charge in [-0.05, 0) is 12.1 Å². The number of carbonyl (C=O) groups is 2. The minimum atomic E-state index is -0.300. The summed E-state index contributed by atoms with van der Waals surface area (Å²) in [5, 5.41) is 2.20. The molecule has 60 valence electrons. The molecule has 2 amide bonds. The molecule has 0 bridgehead atoms. The van der Waals surface area contributed by atoms with Crippen molar-refractivity contribution in [2.75, 3.05) is 0 Å². The molecule has 2 rings (SSSR count). The summed E-state index contributed by atoms with van der Waals surface area (Å²) in [6, 6.07) is 6.74. The molecule has 1 N–H and O–H groups in total. The molecular weight excluding hydrogens is 169 g/mol. The molecule has 0 aliphatic carbocycles. The number of benzene rings is 1. The fraction of sp³-hybridized carbons (Fsp3) is 0. The largest absolute Gasteiger partial charge is 0.288 e. The topological polar surface area (TPSA) is 46.2 Å². The molecule has 1 aliphatic heterocycles. The highest BCUT2D eigenvalue weighted by Crippen LogP contribution is 2.13. The van der Waals surface area contributed by atoms with Crippen LogP contribution in [0.5, 0.6) is 0 Å². The first-order chi connectivity index (χ1) is 5.29. The molecule has 0 unspecified atom stereocenters. The highest BCUT2D eigenvalue weighted by molar-refractivity contribution is 6.21. The van der Waals surface area contributed by atoms with Crippen molar-refractivity contribution in [2.45, 2.75) is 0 Å². The molecule has 0 atom stereocenters. The summed E-state index contributed by atoms with van der Waals surface area (Å²) < 4.78 is 0. The third-order valence-corrected chi connectivity index (χ3v) is 1.64. The van der Waals surface area contributed by atoms with Crippen molar-refractivity contribution in [3.05, 3.63) is 35.4 Å². The van der Waals surface area contributed by atoms with Crippen LogP contribution in [0.15, 0.2) is 24.3 Å². The Morgan fingerprint density at radius 3 is 1.75 bits per heavy atom. The summed E-state index contributed by atoms with van der Waals surface area (Å²) in [6.45, 7) is 0. The van der Waals surface area contributed by atoms with E-state index in [-0.39, 0.29) is 29.2 Å². The zero-order chi connectivity index (χ0) is 7.84. The van der Waals surface area contributed by atoms with Crippen molar-refractivity contribution in [1.82, 2.24) is 5.32 Å². The van der Waals surface area contributed by atoms with E-state index in [1.807, 2.05) is 0 Å². The van der Waals surface area contributed by atoms with Gasteiger partial charge in [0.15, 0.2) is 17.4 Å². The van der Waals surface area contributed by atoms with Gasteiger partial charge in [0.25, 0.3) is 11.8 Å². The first kappa shape index (κ1) is 8.98. The van der Waals surface area contributed by atoms with E-state index in [2.05, 4.69) is 5.32 Å². The maximum atomic E-state index is 10.9. The second-order valence-corrected chi connectivity index (χ2v) is 2.33. The summed E-state index contributed by atoms with van der Waals surface area (Å²) in [5.74, 6) is -0.601. The van der Waals surface area contributed by atoms with Gasteiger partial charge < -0.3 is 0 Å². The number of fused-ring (bicyclic) bond motifs is 1. The van der Waals surface area contributed by atoms with Crippen molar-refractivity contribution in [1.29, 1.82) is 0 Å². The van der Waals surface area contributed by atoms with Crippen molar-refractivity contribution in [3.8, 4) is 0 Å². The van der Waals surface area contributed by atoms with Crippen LogP contribution in [-0.2, 0) is 0 Å². The van der Waals surface area contributed by atoms with E-state index in [4.69, 9.17) is 0 Å². The van der Waals surface area contributed by atoms with Gasteiger partial charge in [-0.1, -0.05) is 12.1 Å². The Kier molecular flexibility index (Phi) is 2.32. The van der Waals surface area contributed by atoms with Crippen molar-refractivity contribution < 1.29 is 9.59 Å². The number of carbonyl (C=O) groups excluding carboxylic acids is 2. The van der Waals surface area contributed by atoms with Crippen LogP contribution in [0.3, 0.4) is 0 Å². The summed E-state index contributed by atoms with van der Waals surface area (Å²) in [5.41, 5.74) is 0.940. The van der Waals surface area contributed by atoms with Crippen LogP contribution in [0, 0.1) is 0 Å². The van der Waals surface area contributed by atoms with Crippen LogP contribution in [0.1, 0.15) is 20.7 Å². The van der Waals surface area contributed by atoms with Gasteiger partial charge in [0.1, 0.15) is 0 Å². The van der Waals surface area contributed by atoms with Crippen LogP contribution >= 0.6 is 0 Å². The standard InChI is InChI=1S/C8H5NO2.Al.3H/c10-7-5-3-1-2-4-6(5)8(11)9-7;;;;/h1-4H,(H,9,10,11);;;;. The number of hydrogen-bond acceptors (Lipinski definition) is 2. The van der Waals surface area contributed by atoms with E-state index in [9.17, 15) is 9.59 Å². The number of hydrogen-bond donors (Lipinski definition) is 1. The predicted octanol–water partition coefficient (Wildman–Crippen LogP) is -0.614. The number of imide groups is 1. The lowest BCUT2D eigenvalue weighted by molar-refractivity contribution is 0.0879. The van der Waals surface area contributed by atoms with E-state index in [1.165, 1.54) is 0 Å². The first-order valence-electron chi connectivity index (χ1n) is 3.24. The Labute approximate surface area is 79.9 Å². The molecule has 0 spiro atoms. The lowest BCUT2D eigenvalue weighted by Crippen LogP contribution is -2.19. The minimum Gasteiger partial charge on any atom is -0.288 e. The molecule has 1 aromatic carbocycles. The first-order valence-corrected chi connectivity index (χ1v) is 3.24. The van der Waals surface area contributed by atoms with Gasteiger partial charge in [0.05, 0.1) is 11.1 Å². The molecule has 0 saturated heterocycles. The van der Waals surface area contributed by atoms with Gasteiger partial charge in [-0.15, -0.1) is 0 Å². The molecule has 1 aromatic rings. The van der Waals surface area contributed by atoms with Crippen LogP contribution in [-0.4, -0.2) is 29.2 Å². The van der Waals surface area contributed by atoms with Gasteiger partial charge in [-0.25, -0.2) is 0 Å². The third-order valence-electron chi connectivity index (χ3n) is 1.64. The van der Waals surface area contributed by atoms with E-state index >= 15 is 0 Å². The van der Waals surface area contributed by atoms with Gasteiger partial charge >= 0.3 is 0 Å². The summed E-state index contributed by atoms with van der Waals surface area (Å²) in [7, 11) is 0. The average molecular weight is 177 g/mol. The van der Waals surface area contributed by atoms with Gasteiger partial charge in [-0.3, -0.25) is 14.9 Å². The predicted molar refractivity (Wildman–Crippen MR) is 48.2 cm³/mol. The lowest BCUT2D eigenvalue weighted by atomic mass is 10.1. The maximum Gasteiger partial charge on any atom is 0.258 e. The Morgan fingerprint density at radius 1 is 0.917 bits per heavy atom. The Hall–Kier alpha value is -1.11. The molecule has 3 nitrogen and oxygen atoms in total. The van der Waals surface area contributed by atoms with Crippen LogP contribution < -0.4 is 5.32 Å². The van der Waals surface area contributed by atoms with Crippen molar-refractivity contribution in [3.63, 3.8) is 0 Å². The smallest absolute Gasteiger partial charge is 0.258 e. The van der Waals surface area contributed by atoms with Gasteiger partial charge in [0, 0.05) is 0 Å². The summed E-state index contributed by atoms with van der Waals surface area (Å²) in [6.07, 6.45) is 0. The van der Waals surface area contributed by atoms with Gasteiger partial charge in [-0.2, -0.15) is 0 Å². The molecule has 1 aliphatic rings. The fourth-order valence-electron chi connectivity index (χ4n) is 1.12. The van der Waals surface area contributed by atoms with Crippen LogP contribution in [0.2, 0.25) is 0 Å².